The zero-order chi connectivity index (χ0) is 18.5. The molecule has 0 spiro atoms. The van der Waals surface area contributed by atoms with Gasteiger partial charge >= 0.3 is 0 Å². The molecule has 1 unspecified atom stereocenters. The number of imide groups is 1. The fourth-order valence-electron chi connectivity index (χ4n) is 4.11. The molecule has 2 aliphatic rings. The summed E-state index contributed by atoms with van der Waals surface area (Å²) in [6, 6.07) is 5.28. The van der Waals surface area contributed by atoms with Gasteiger partial charge in [-0.05, 0) is 24.9 Å². The molecule has 8 heteroatoms. The maximum absolute atomic E-state index is 14.5. The lowest BCUT2D eigenvalue weighted by molar-refractivity contribution is -0.134. The van der Waals surface area contributed by atoms with E-state index in [0.29, 0.717) is 41.5 Å². The Morgan fingerprint density at radius 2 is 2.08 bits per heavy atom. The third-order valence-corrected chi connectivity index (χ3v) is 5.35. The number of aromatic nitrogens is 2. The number of benzene rings is 1. The molecule has 2 N–H and O–H groups in total. The molecule has 1 aromatic carbocycles. The summed E-state index contributed by atoms with van der Waals surface area (Å²) in [6.45, 7) is 0.195. The van der Waals surface area contributed by atoms with Crippen LogP contribution in [0.2, 0.25) is 0 Å². The van der Waals surface area contributed by atoms with Crippen molar-refractivity contribution in [2.45, 2.75) is 37.0 Å². The van der Waals surface area contributed by atoms with E-state index in [1.807, 2.05) is 6.07 Å². The van der Waals surface area contributed by atoms with E-state index in [9.17, 15) is 18.4 Å². The molecule has 26 heavy (non-hydrogen) atoms. The topological polar surface area (TPSA) is 76.0 Å². The molecule has 2 aliphatic heterocycles. The van der Waals surface area contributed by atoms with Crippen LogP contribution in [0.4, 0.5) is 8.78 Å². The van der Waals surface area contributed by atoms with Crippen molar-refractivity contribution in [3.8, 4) is 0 Å². The largest absolute Gasteiger partial charge is 0.311 e. The summed E-state index contributed by atoms with van der Waals surface area (Å²) in [6.07, 6.45) is 0.968. The fraction of sp³-hybridized carbons (Fsp3) is 0.500. The normalized spacial score (nSPS) is 26.1. The molecule has 2 fully saturated rings. The zero-order valence-corrected chi connectivity index (χ0v) is 14.4. The lowest BCUT2D eigenvalue weighted by Crippen LogP contribution is -2.44. The second-order valence-corrected chi connectivity index (χ2v) is 7.04. The summed E-state index contributed by atoms with van der Waals surface area (Å²) in [5.41, 5.74) is 1.74. The van der Waals surface area contributed by atoms with E-state index >= 15 is 0 Å². The molecular weight excluding hydrogens is 342 g/mol. The summed E-state index contributed by atoms with van der Waals surface area (Å²) in [5.74, 6) is -4.94. The average molecular weight is 362 g/mol. The van der Waals surface area contributed by atoms with Gasteiger partial charge in [-0.3, -0.25) is 19.6 Å². The second-order valence-electron chi connectivity index (χ2n) is 7.04. The minimum Gasteiger partial charge on any atom is -0.311 e. The summed E-state index contributed by atoms with van der Waals surface area (Å²) in [4.78, 5) is 23.6. The van der Waals surface area contributed by atoms with Gasteiger partial charge in [0.2, 0.25) is 11.8 Å². The summed E-state index contributed by atoms with van der Waals surface area (Å²) in [7, 11) is 1.71. The highest BCUT2D eigenvalue weighted by Crippen LogP contribution is 2.42. The predicted molar refractivity (Wildman–Crippen MR) is 91.0 cm³/mol. The van der Waals surface area contributed by atoms with Gasteiger partial charge in [0, 0.05) is 18.9 Å². The Morgan fingerprint density at radius 3 is 2.81 bits per heavy atom. The van der Waals surface area contributed by atoms with E-state index in [1.165, 1.54) is 0 Å². The van der Waals surface area contributed by atoms with Crippen molar-refractivity contribution in [3.63, 3.8) is 0 Å². The van der Waals surface area contributed by atoms with E-state index in [2.05, 4.69) is 15.7 Å². The molecule has 2 saturated heterocycles. The van der Waals surface area contributed by atoms with E-state index in [4.69, 9.17) is 0 Å². The van der Waals surface area contributed by atoms with Crippen LogP contribution in [0.25, 0.3) is 10.9 Å². The third kappa shape index (κ3) is 2.68. The number of carbonyl (C=O) groups excluding carboxylic acids is 2. The monoisotopic (exact) mass is 362 g/mol. The van der Waals surface area contributed by atoms with E-state index in [-0.39, 0.29) is 24.8 Å². The van der Waals surface area contributed by atoms with Crippen LogP contribution in [0.5, 0.6) is 0 Å². The first-order valence-corrected chi connectivity index (χ1v) is 8.76. The number of hydrogen-bond donors (Lipinski definition) is 2. The number of hydrogen-bond acceptors (Lipinski definition) is 4. The lowest BCUT2D eigenvalue weighted by atomic mass is 9.85. The second kappa shape index (κ2) is 6.12. The highest BCUT2D eigenvalue weighted by Gasteiger charge is 2.43. The molecular formula is C18H20F2N4O2. The van der Waals surface area contributed by atoms with Gasteiger partial charge in [-0.2, -0.15) is 5.10 Å². The van der Waals surface area contributed by atoms with E-state index in [0.717, 1.165) is 0 Å². The van der Waals surface area contributed by atoms with Crippen molar-refractivity contribution in [2.75, 3.05) is 13.1 Å². The maximum Gasteiger partial charge on any atom is 0.267 e. The number of halogens is 2. The SMILES string of the molecule is Cn1nc(C2CCC(=O)NC2=O)c2cccc([C@@H]3CCNCC3(F)F)c21. The molecule has 2 atom stereocenters. The Labute approximate surface area is 148 Å². The number of nitrogens with one attached hydrogen (secondary N) is 2. The van der Waals surface area contributed by atoms with Gasteiger partial charge in [0.25, 0.3) is 5.92 Å². The number of carbonyl (C=O) groups is 2. The Balaban J connectivity index is 1.82. The molecule has 0 aliphatic carbocycles. The van der Waals surface area contributed by atoms with Crippen LogP contribution >= 0.6 is 0 Å². The number of rotatable bonds is 2. The number of piperidine rings is 2. The van der Waals surface area contributed by atoms with Crippen LogP contribution in [0.15, 0.2) is 18.2 Å². The number of aryl methyl sites for hydroxylation is 1. The summed E-state index contributed by atoms with van der Waals surface area (Å²) >= 11 is 0. The highest BCUT2D eigenvalue weighted by molar-refractivity contribution is 6.02. The van der Waals surface area contributed by atoms with Gasteiger partial charge in [-0.15, -0.1) is 0 Å². The standard InChI is InChI=1S/C18H20F2N4O2/c1-24-16-10(13-7-8-21-9-18(13,19)20)3-2-4-11(16)15(23-24)12-5-6-14(25)22-17(12)26/h2-4,12-13,21H,5-9H2,1H3,(H,22,25,26)/t12?,13-/m0/s1. The first-order valence-electron chi connectivity index (χ1n) is 8.76. The van der Waals surface area contributed by atoms with Crippen molar-refractivity contribution in [1.82, 2.24) is 20.4 Å². The van der Waals surface area contributed by atoms with Crippen LogP contribution in [-0.2, 0) is 16.6 Å². The van der Waals surface area contributed by atoms with E-state index < -0.39 is 17.8 Å². The smallest absolute Gasteiger partial charge is 0.267 e. The predicted octanol–water partition coefficient (Wildman–Crippen LogP) is 1.81. The first-order chi connectivity index (χ1) is 12.4. The maximum atomic E-state index is 14.5. The van der Waals surface area contributed by atoms with Crippen LogP contribution in [0.1, 0.15) is 42.4 Å². The van der Waals surface area contributed by atoms with Gasteiger partial charge in [0.15, 0.2) is 0 Å². The number of para-hydroxylation sites is 1. The Kier molecular flexibility index (Phi) is 4.02. The highest BCUT2D eigenvalue weighted by atomic mass is 19.3. The van der Waals surface area contributed by atoms with Crippen LogP contribution < -0.4 is 10.6 Å². The molecule has 4 rings (SSSR count). The fourth-order valence-corrected chi connectivity index (χ4v) is 4.11. The van der Waals surface area contributed by atoms with Gasteiger partial charge < -0.3 is 5.32 Å². The number of alkyl halides is 2. The quantitative estimate of drug-likeness (QED) is 0.799. The number of amides is 2. The number of nitrogens with zero attached hydrogens (tertiary/aromatic N) is 2. The van der Waals surface area contributed by atoms with E-state index in [1.54, 1.807) is 23.9 Å². The molecule has 0 saturated carbocycles. The van der Waals surface area contributed by atoms with Crippen molar-refractivity contribution >= 4 is 22.7 Å². The van der Waals surface area contributed by atoms with Gasteiger partial charge in [-0.25, -0.2) is 8.78 Å². The Hall–Kier alpha value is -2.35. The van der Waals surface area contributed by atoms with Crippen molar-refractivity contribution < 1.29 is 18.4 Å². The molecule has 0 bridgehead atoms. The first kappa shape index (κ1) is 17.1. The molecule has 6 nitrogen and oxygen atoms in total. The molecule has 0 radical (unpaired) electrons. The zero-order valence-electron chi connectivity index (χ0n) is 14.4. The van der Waals surface area contributed by atoms with Crippen LogP contribution in [0.3, 0.4) is 0 Å². The number of fused-ring (bicyclic) bond motifs is 1. The van der Waals surface area contributed by atoms with Gasteiger partial charge in [-0.1, -0.05) is 18.2 Å². The van der Waals surface area contributed by atoms with Crippen LogP contribution in [-0.4, -0.2) is 40.6 Å². The summed E-state index contributed by atoms with van der Waals surface area (Å²) in [5, 5.41) is 10.3. The van der Waals surface area contributed by atoms with Gasteiger partial charge in [0.05, 0.1) is 29.6 Å². The molecule has 1 aromatic heterocycles. The van der Waals surface area contributed by atoms with Crippen LogP contribution in [0, 0.1) is 0 Å². The molecule has 3 heterocycles. The average Bonchev–Trinajstić information content (AvgIpc) is 2.92. The Bertz CT molecular complexity index is 893. The van der Waals surface area contributed by atoms with Crippen molar-refractivity contribution in [2.24, 2.45) is 7.05 Å². The lowest BCUT2D eigenvalue weighted by Gasteiger charge is -2.32. The van der Waals surface area contributed by atoms with Crippen molar-refractivity contribution in [1.29, 1.82) is 0 Å². The minimum absolute atomic E-state index is 0.251. The van der Waals surface area contributed by atoms with Gasteiger partial charge in [0.1, 0.15) is 0 Å². The molecule has 2 aromatic rings. The minimum atomic E-state index is -2.84. The Morgan fingerprint density at radius 1 is 1.27 bits per heavy atom. The third-order valence-electron chi connectivity index (χ3n) is 5.35. The molecule has 138 valence electrons. The summed E-state index contributed by atoms with van der Waals surface area (Å²) < 4.78 is 30.6. The molecule has 2 amide bonds. The van der Waals surface area contributed by atoms with Crippen molar-refractivity contribution in [3.05, 3.63) is 29.5 Å².